The average molecular weight is 259 g/mol. The lowest BCUT2D eigenvalue weighted by molar-refractivity contribution is 0.0525. The summed E-state index contributed by atoms with van der Waals surface area (Å²) in [5, 5.41) is 8.12. The summed E-state index contributed by atoms with van der Waals surface area (Å²) in [6.07, 6.45) is 0.904. The molecule has 1 aromatic rings. The molecule has 0 aliphatic heterocycles. The lowest BCUT2D eigenvalue weighted by atomic mass is 10.4. The van der Waals surface area contributed by atoms with Gasteiger partial charge >= 0.3 is 5.97 Å². The predicted octanol–water partition coefficient (Wildman–Crippen LogP) is 1.05. The van der Waals surface area contributed by atoms with E-state index in [0.29, 0.717) is 18.4 Å². The molecule has 0 spiro atoms. The van der Waals surface area contributed by atoms with Crippen LogP contribution in [0.1, 0.15) is 23.1 Å². The highest BCUT2D eigenvalue weighted by atomic mass is 32.1. The highest BCUT2D eigenvalue weighted by molar-refractivity contribution is 7.14. The maximum atomic E-state index is 11.3. The summed E-state index contributed by atoms with van der Waals surface area (Å²) in [6, 6.07) is 0. The first-order chi connectivity index (χ1) is 8.13. The molecule has 7 heteroatoms. The average Bonchev–Trinajstić information content (AvgIpc) is 2.73. The molecule has 0 radical (unpaired) electrons. The molecule has 0 saturated carbocycles. The maximum Gasteiger partial charge on any atom is 0.369 e. The standard InChI is InChI=1S/C10H17N3O3S/c1-4-15-9(14)8-11-12-10(17-8)16-7-5-6-13(2)3/h4-7H2,1-3H3. The molecule has 1 rings (SSSR count). The van der Waals surface area contributed by atoms with Crippen molar-refractivity contribution in [1.29, 1.82) is 0 Å². The Morgan fingerprint density at radius 2 is 2.18 bits per heavy atom. The van der Waals surface area contributed by atoms with E-state index in [0.717, 1.165) is 24.3 Å². The Morgan fingerprint density at radius 1 is 1.41 bits per heavy atom. The van der Waals surface area contributed by atoms with Gasteiger partial charge < -0.3 is 14.4 Å². The summed E-state index contributed by atoms with van der Waals surface area (Å²) in [5.41, 5.74) is 0. The Bertz CT molecular complexity index is 354. The molecule has 0 aliphatic carbocycles. The fourth-order valence-corrected chi connectivity index (χ4v) is 1.70. The normalized spacial score (nSPS) is 10.6. The lowest BCUT2D eigenvalue weighted by Crippen LogP contribution is -2.15. The van der Waals surface area contributed by atoms with Crippen molar-refractivity contribution in [3.8, 4) is 5.19 Å². The topological polar surface area (TPSA) is 64.5 Å². The van der Waals surface area contributed by atoms with E-state index < -0.39 is 5.97 Å². The Hall–Kier alpha value is -1.21. The van der Waals surface area contributed by atoms with Crippen LogP contribution in [0.3, 0.4) is 0 Å². The van der Waals surface area contributed by atoms with E-state index >= 15 is 0 Å². The minimum absolute atomic E-state index is 0.231. The van der Waals surface area contributed by atoms with Gasteiger partial charge in [-0.3, -0.25) is 0 Å². The third kappa shape index (κ3) is 5.10. The largest absolute Gasteiger partial charge is 0.469 e. The quantitative estimate of drug-likeness (QED) is 0.538. The van der Waals surface area contributed by atoms with Crippen LogP contribution in [0, 0.1) is 0 Å². The number of hydrogen-bond donors (Lipinski definition) is 0. The van der Waals surface area contributed by atoms with Crippen LogP contribution in [0.4, 0.5) is 0 Å². The van der Waals surface area contributed by atoms with Crippen molar-refractivity contribution >= 4 is 17.3 Å². The van der Waals surface area contributed by atoms with Crippen LogP contribution in [0.15, 0.2) is 0 Å². The van der Waals surface area contributed by atoms with E-state index in [1.165, 1.54) is 0 Å². The first-order valence-electron chi connectivity index (χ1n) is 5.41. The van der Waals surface area contributed by atoms with Crippen molar-refractivity contribution in [2.24, 2.45) is 0 Å². The molecule has 96 valence electrons. The first-order valence-corrected chi connectivity index (χ1v) is 6.23. The Kier molecular flexibility index (Phi) is 5.85. The molecule has 0 aromatic carbocycles. The van der Waals surface area contributed by atoms with Gasteiger partial charge in [-0.15, -0.1) is 5.10 Å². The van der Waals surface area contributed by atoms with Crippen LogP contribution in [0.25, 0.3) is 0 Å². The third-order valence-corrected chi connectivity index (χ3v) is 2.65. The zero-order chi connectivity index (χ0) is 12.7. The van der Waals surface area contributed by atoms with Gasteiger partial charge in [0.15, 0.2) is 0 Å². The van der Waals surface area contributed by atoms with Gasteiger partial charge in [0.1, 0.15) is 0 Å². The second-order valence-corrected chi connectivity index (χ2v) is 4.54. The van der Waals surface area contributed by atoms with E-state index in [9.17, 15) is 4.79 Å². The minimum Gasteiger partial charge on any atom is -0.469 e. The zero-order valence-electron chi connectivity index (χ0n) is 10.3. The van der Waals surface area contributed by atoms with Crippen molar-refractivity contribution in [3.63, 3.8) is 0 Å². The van der Waals surface area contributed by atoms with Gasteiger partial charge in [0.05, 0.1) is 13.2 Å². The van der Waals surface area contributed by atoms with Gasteiger partial charge in [-0.1, -0.05) is 5.10 Å². The second kappa shape index (κ2) is 7.18. The molecule has 0 fully saturated rings. The molecule has 1 aromatic heterocycles. The van der Waals surface area contributed by atoms with Crippen LogP contribution >= 0.6 is 11.3 Å². The van der Waals surface area contributed by atoms with Gasteiger partial charge in [0, 0.05) is 6.54 Å². The fraction of sp³-hybridized carbons (Fsp3) is 0.700. The number of carbonyl (C=O) groups is 1. The SMILES string of the molecule is CCOC(=O)c1nnc(OCCCN(C)C)s1. The zero-order valence-corrected chi connectivity index (χ0v) is 11.1. The molecule has 0 bridgehead atoms. The van der Waals surface area contributed by atoms with Gasteiger partial charge in [-0.05, 0) is 38.8 Å². The van der Waals surface area contributed by atoms with Crippen LogP contribution < -0.4 is 4.74 Å². The fourth-order valence-electron chi connectivity index (χ4n) is 1.08. The summed E-state index contributed by atoms with van der Waals surface area (Å²) in [5.74, 6) is -0.451. The molecule has 1 heterocycles. The summed E-state index contributed by atoms with van der Waals surface area (Å²) < 4.78 is 10.2. The van der Waals surface area contributed by atoms with Crippen LogP contribution in [0.2, 0.25) is 0 Å². The van der Waals surface area contributed by atoms with Gasteiger partial charge in [-0.2, -0.15) is 0 Å². The van der Waals surface area contributed by atoms with Crippen molar-refractivity contribution in [2.45, 2.75) is 13.3 Å². The Morgan fingerprint density at radius 3 is 2.82 bits per heavy atom. The number of aromatic nitrogens is 2. The van der Waals surface area contributed by atoms with E-state index in [1.54, 1.807) is 6.92 Å². The summed E-state index contributed by atoms with van der Waals surface area (Å²) >= 11 is 1.11. The minimum atomic E-state index is -0.451. The maximum absolute atomic E-state index is 11.3. The first kappa shape index (κ1) is 13.9. The smallest absolute Gasteiger partial charge is 0.369 e. The number of esters is 1. The molecule has 0 aliphatic rings. The van der Waals surface area contributed by atoms with Crippen LogP contribution in [0.5, 0.6) is 5.19 Å². The number of rotatable bonds is 7. The summed E-state index contributed by atoms with van der Waals surface area (Å²) in [6.45, 7) is 3.59. The molecular weight excluding hydrogens is 242 g/mol. The number of ether oxygens (including phenoxy) is 2. The molecule has 0 unspecified atom stereocenters. The Labute approximate surface area is 105 Å². The highest BCUT2D eigenvalue weighted by Crippen LogP contribution is 2.18. The van der Waals surface area contributed by atoms with E-state index in [1.807, 2.05) is 14.1 Å². The van der Waals surface area contributed by atoms with Crippen molar-refractivity contribution < 1.29 is 14.3 Å². The van der Waals surface area contributed by atoms with E-state index in [4.69, 9.17) is 9.47 Å². The number of nitrogens with zero attached hydrogens (tertiary/aromatic N) is 3. The van der Waals surface area contributed by atoms with Gasteiger partial charge in [-0.25, -0.2) is 4.79 Å². The van der Waals surface area contributed by atoms with Crippen LogP contribution in [-0.4, -0.2) is 54.9 Å². The molecule has 0 N–H and O–H groups in total. The second-order valence-electron chi connectivity index (χ2n) is 3.60. The summed E-state index contributed by atoms with van der Waals surface area (Å²) in [4.78, 5) is 13.4. The van der Waals surface area contributed by atoms with Crippen LogP contribution in [-0.2, 0) is 4.74 Å². The monoisotopic (exact) mass is 259 g/mol. The van der Waals surface area contributed by atoms with Gasteiger partial charge in [0.2, 0.25) is 5.01 Å². The molecule has 0 amide bonds. The third-order valence-electron chi connectivity index (χ3n) is 1.83. The molecular formula is C10H17N3O3S. The van der Waals surface area contributed by atoms with E-state index in [-0.39, 0.29) is 5.01 Å². The van der Waals surface area contributed by atoms with E-state index in [2.05, 4.69) is 15.1 Å². The molecule has 17 heavy (non-hydrogen) atoms. The van der Waals surface area contributed by atoms with Crippen molar-refractivity contribution in [3.05, 3.63) is 5.01 Å². The number of carbonyl (C=O) groups excluding carboxylic acids is 1. The molecule has 0 atom stereocenters. The molecule has 6 nitrogen and oxygen atoms in total. The lowest BCUT2D eigenvalue weighted by Gasteiger charge is -2.08. The van der Waals surface area contributed by atoms with Crippen molar-refractivity contribution in [2.75, 3.05) is 33.9 Å². The Balaban J connectivity index is 2.33. The molecule has 0 saturated heterocycles. The predicted molar refractivity (Wildman–Crippen MR) is 64.5 cm³/mol. The number of hydrogen-bond acceptors (Lipinski definition) is 7. The summed E-state index contributed by atoms with van der Waals surface area (Å²) in [7, 11) is 4.01. The van der Waals surface area contributed by atoms with Crippen molar-refractivity contribution in [1.82, 2.24) is 15.1 Å². The van der Waals surface area contributed by atoms with Gasteiger partial charge in [0.25, 0.3) is 5.19 Å². The highest BCUT2D eigenvalue weighted by Gasteiger charge is 2.14.